The van der Waals surface area contributed by atoms with Crippen molar-refractivity contribution in [3.05, 3.63) is 36.0 Å². The average Bonchev–Trinajstić information content (AvgIpc) is 2.47. The smallest absolute Gasteiger partial charge is 0.221 e. The molecule has 0 atom stereocenters. The van der Waals surface area contributed by atoms with Gasteiger partial charge < -0.3 is 10.1 Å². The number of hydrogen-bond acceptors (Lipinski definition) is 3. The van der Waals surface area contributed by atoms with E-state index in [-0.39, 0.29) is 0 Å². The Morgan fingerprint density at radius 1 is 1.21 bits per heavy atom. The summed E-state index contributed by atoms with van der Waals surface area (Å²) in [5.74, 6) is 1.43. The second kappa shape index (κ2) is 5.57. The lowest BCUT2D eigenvalue weighted by atomic mass is 9.99. The first-order valence-electron chi connectivity index (χ1n) is 7.02. The van der Waals surface area contributed by atoms with Crippen LogP contribution in [-0.4, -0.2) is 24.7 Å². The molecule has 1 aromatic heterocycles. The topological polar surface area (TPSA) is 34.1 Å². The molecule has 3 rings (SSSR count). The Morgan fingerprint density at radius 2 is 2.05 bits per heavy atom. The van der Waals surface area contributed by atoms with Crippen molar-refractivity contribution < 1.29 is 4.74 Å². The van der Waals surface area contributed by atoms with E-state index in [1.165, 1.54) is 23.8 Å². The third-order valence-corrected chi connectivity index (χ3v) is 3.90. The summed E-state index contributed by atoms with van der Waals surface area (Å²) < 4.78 is 5.97. The van der Waals surface area contributed by atoms with Gasteiger partial charge in [0.2, 0.25) is 5.88 Å². The predicted octanol–water partition coefficient (Wildman–Crippen LogP) is 2.92. The van der Waals surface area contributed by atoms with Crippen molar-refractivity contribution >= 4 is 10.8 Å². The standard InChI is InChI=1S/C16H20N2O/c1-12-3-2-4-15-14(12)7-10-18-16(15)19-11-13-5-8-17-9-6-13/h2-4,7,10,13,17H,5-6,8-9,11H2,1H3. The maximum Gasteiger partial charge on any atom is 0.221 e. The van der Waals surface area contributed by atoms with Crippen molar-refractivity contribution in [2.24, 2.45) is 5.92 Å². The quantitative estimate of drug-likeness (QED) is 0.917. The molecule has 1 aromatic carbocycles. The van der Waals surface area contributed by atoms with E-state index in [2.05, 4.69) is 41.5 Å². The number of nitrogens with zero attached hydrogens (tertiary/aromatic N) is 1. The number of rotatable bonds is 3. The van der Waals surface area contributed by atoms with Crippen LogP contribution in [0.2, 0.25) is 0 Å². The Hall–Kier alpha value is -1.61. The average molecular weight is 256 g/mol. The molecule has 0 amide bonds. The first-order valence-corrected chi connectivity index (χ1v) is 7.02. The van der Waals surface area contributed by atoms with Gasteiger partial charge in [-0.3, -0.25) is 0 Å². The molecule has 1 N–H and O–H groups in total. The Morgan fingerprint density at radius 3 is 2.89 bits per heavy atom. The molecule has 3 nitrogen and oxygen atoms in total. The molecule has 0 spiro atoms. The zero-order valence-corrected chi connectivity index (χ0v) is 11.4. The van der Waals surface area contributed by atoms with Crippen LogP contribution < -0.4 is 10.1 Å². The summed E-state index contributed by atoms with van der Waals surface area (Å²) in [6, 6.07) is 8.34. The van der Waals surface area contributed by atoms with E-state index in [1.54, 1.807) is 0 Å². The van der Waals surface area contributed by atoms with Crippen LogP contribution in [0.3, 0.4) is 0 Å². The van der Waals surface area contributed by atoms with Crippen molar-refractivity contribution in [3.63, 3.8) is 0 Å². The van der Waals surface area contributed by atoms with Gasteiger partial charge in [-0.15, -0.1) is 0 Å². The molecule has 3 heteroatoms. The molecule has 0 saturated carbocycles. The molecule has 1 aliphatic rings. The molecule has 2 aromatic rings. The van der Waals surface area contributed by atoms with Gasteiger partial charge in [0, 0.05) is 11.6 Å². The molecular formula is C16H20N2O. The number of hydrogen-bond donors (Lipinski definition) is 1. The van der Waals surface area contributed by atoms with Crippen LogP contribution in [0.4, 0.5) is 0 Å². The SMILES string of the molecule is Cc1cccc2c(OCC3CCNCC3)nccc12. The minimum Gasteiger partial charge on any atom is -0.477 e. The van der Waals surface area contributed by atoms with E-state index in [9.17, 15) is 0 Å². The zero-order valence-electron chi connectivity index (χ0n) is 11.4. The van der Waals surface area contributed by atoms with Gasteiger partial charge in [0.15, 0.2) is 0 Å². The first kappa shape index (κ1) is 12.4. The molecule has 19 heavy (non-hydrogen) atoms. The van der Waals surface area contributed by atoms with Gasteiger partial charge in [-0.1, -0.05) is 12.1 Å². The van der Waals surface area contributed by atoms with Crippen molar-refractivity contribution in [1.29, 1.82) is 0 Å². The molecule has 0 radical (unpaired) electrons. The fourth-order valence-corrected chi connectivity index (χ4v) is 2.70. The Labute approximate surface area is 114 Å². The lowest BCUT2D eigenvalue weighted by Gasteiger charge is -2.22. The number of nitrogens with one attached hydrogen (secondary N) is 1. The molecule has 0 unspecified atom stereocenters. The van der Waals surface area contributed by atoms with Crippen LogP contribution in [0.15, 0.2) is 30.5 Å². The number of fused-ring (bicyclic) bond motifs is 1. The molecule has 0 aliphatic carbocycles. The second-order valence-corrected chi connectivity index (χ2v) is 5.29. The van der Waals surface area contributed by atoms with Gasteiger partial charge in [-0.2, -0.15) is 0 Å². The Kier molecular flexibility index (Phi) is 3.65. The fourth-order valence-electron chi connectivity index (χ4n) is 2.70. The molecule has 1 fully saturated rings. The molecule has 100 valence electrons. The lowest BCUT2D eigenvalue weighted by Crippen LogP contribution is -2.30. The van der Waals surface area contributed by atoms with Crippen LogP contribution in [-0.2, 0) is 0 Å². The molecule has 0 bridgehead atoms. The highest BCUT2D eigenvalue weighted by Crippen LogP contribution is 2.26. The van der Waals surface area contributed by atoms with E-state index in [0.717, 1.165) is 31.0 Å². The maximum absolute atomic E-state index is 5.97. The van der Waals surface area contributed by atoms with E-state index >= 15 is 0 Å². The molecule has 1 aliphatic heterocycles. The van der Waals surface area contributed by atoms with Gasteiger partial charge in [0.25, 0.3) is 0 Å². The summed E-state index contributed by atoms with van der Waals surface area (Å²) in [5, 5.41) is 5.73. The lowest BCUT2D eigenvalue weighted by molar-refractivity contribution is 0.211. The van der Waals surface area contributed by atoms with Crippen molar-refractivity contribution in [3.8, 4) is 5.88 Å². The summed E-state index contributed by atoms with van der Waals surface area (Å²) in [6.45, 7) is 5.12. The summed E-state index contributed by atoms with van der Waals surface area (Å²) in [5.41, 5.74) is 1.27. The normalized spacial score (nSPS) is 16.7. The fraction of sp³-hybridized carbons (Fsp3) is 0.438. The highest BCUT2D eigenvalue weighted by atomic mass is 16.5. The highest BCUT2D eigenvalue weighted by Gasteiger charge is 2.14. The summed E-state index contributed by atoms with van der Waals surface area (Å²) in [7, 11) is 0. The third-order valence-electron chi connectivity index (χ3n) is 3.90. The van der Waals surface area contributed by atoms with Crippen LogP contribution in [0.5, 0.6) is 5.88 Å². The first-order chi connectivity index (χ1) is 9.34. The molecule has 1 saturated heterocycles. The van der Waals surface area contributed by atoms with Gasteiger partial charge in [-0.05, 0) is 61.9 Å². The zero-order chi connectivity index (χ0) is 13.1. The Bertz CT molecular complexity index is 562. The minimum atomic E-state index is 0.656. The number of aromatic nitrogens is 1. The summed E-state index contributed by atoms with van der Waals surface area (Å²) in [6.07, 6.45) is 4.24. The van der Waals surface area contributed by atoms with Crippen molar-refractivity contribution in [1.82, 2.24) is 10.3 Å². The Balaban J connectivity index is 1.79. The van der Waals surface area contributed by atoms with Crippen LogP contribution in [0.25, 0.3) is 10.8 Å². The predicted molar refractivity (Wildman–Crippen MR) is 77.6 cm³/mol. The van der Waals surface area contributed by atoms with E-state index < -0.39 is 0 Å². The summed E-state index contributed by atoms with van der Waals surface area (Å²) in [4.78, 5) is 4.39. The van der Waals surface area contributed by atoms with E-state index in [4.69, 9.17) is 4.74 Å². The van der Waals surface area contributed by atoms with Gasteiger partial charge in [0.1, 0.15) is 0 Å². The third kappa shape index (κ3) is 2.71. The second-order valence-electron chi connectivity index (χ2n) is 5.29. The van der Waals surface area contributed by atoms with Gasteiger partial charge in [0.05, 0.1) is 6.61 Å². The van der Waals surface area contributed by atoms with E-state index in [1.807, 2.05) is 6.20 Å². The highest BCUT2D eigenvalue weighted by molar-refractivity contribution is 5.89. The number of benzene rings is 1. The number of ether oxygens (including phenoxy) is 1. The van der Waals surface area contributed by atoms with Crippen LogP contribution >= 0.6 is 0 Å². The monoisotopic (exact) mass is 256 g/mol. The largest absolute Gasteiger partial charge is 0.477 e. The molecular weight excluding hydrogens is 236 g/mol. The van der Waals surface area contributed by atoms with Gasteiger partial charge in [-0.25, -0.2) is 4.98 Å². The molecule has 2 heterocycles. The maximum atomic E-state index is 5.97. The van der Waals surface area contributed by atoms with Crippen LogP contribution in [0, 0.1) is 12.8 Å². The van der Waals surface area contributed by atoms with Crippen LogP contribution in [0.1, 0.15) is 18.4 Å². The van der Waals surface area contributed by atoms with Crippen molar-refractivity contribution in [2.45, 2.75) is 19.8 Å². The van der Waals surface area contributed by atoms with Crippen molar-refractivity contribution in [2.75, 3.05) is 19.7 Å². The summed E-state index contributed by atoms with van der Waals surface area (Å²) >= 11 is 0. The number of pyridine rings is 1. The number of aryl methyl sites for hydroxylation is 1. The number of piperidine rings is 1. The minimum absolute atomic E-state index is 0.656. The van der Waals surface area contributed by atoms with Gasteiger partial charge >= 0.3 is 0 Å². The van der Waals surface area contributed by atoms with E-state index in [0.29, 0.717) is 5.92 Å².